The van der Waals surface area contributed by atoms with Gasteiger partial charge in [0.2, 0.25) is 0 Å². The number of thiazole rings is 1. The Labute approximate surface area is 144 Å². The van der Waals surface area contributed by atoms with E-state index in [1.807, 2.05) is 0 Å². The molecule has 1 aliphatic heterocycles. The lowest BCUT2D eigenvalue weighted by Crippen LogP contribution is -2.40. The maximum atomic E-state index is 4.70. The van der Waals surface area contributed by atoms with Crippen LogP contribution in [-0.4, -0.2) is 55.1 Å². The highest BCUT2D eigenvalue weighted by Gasteiger charge is 2.15. The summed E-state index contributed by atoms with van der Waals surface area (Å²) in [5, 5.41) is 10.0. The lowest BCUT2D eigenvalue weighted by atomic mass is 10.0. The predicted molar refractivity (Wildman–Crippen MR) is 99.4 cm³/mol. The van der Waals surface area contributed by atoms with E-state index in [-0.39, 0.29) is 0 Å². The van der Waals surface area contributed by atoms with Crippen molar-refractivity contribution >= 4 is 17.3 Å². The number of nitrogens with one attached hydrogen (secondary N) is 2. The summed E-state index contributed by atoms with van der Waals surface area (Å²) in [6, 6.07) is 0. The van der Waals surface area contributed by atoms with Crippen molar-refractivity contribution in [2.45, 2.75) is 40.0 Å². The summed E-state index contributed by atoms with van der Waals surface area (Å²) < 4.78 is 0. The summed E-state index contributed by atoms with van der Waals surface area (Å²) >= 11 is 1.71. The Kier molecular flexibility index (Phi) is 7.82. The Morgan fingerprint density at radius 3 is 3.04 bits per heavy atom. The first-order chi connectivity index (χ1) is 11.2. The number of likely N-dealkylation sites (tertiary alicyclic amines) is 1. The molecule has 1 saturated heterocycles. The second kappa shape index (κ2) is 9.88. The van der Waals surface area contributed by atoms with E-state index in [2.05, 4.69) is 46.7 Å². The maximum absolute atomic E-state index is 4.70. The second-order valence-corrected chi connectivity index (χ2v) is 7.41. The zero-order valence-electron chi connectivity index (χ0n) is 14.8. The number of aromatic nitrogens is 1. The minimum atomic E-state index is 0.834. The molecule has 1 aromatic heterocycles. The number of piperidine rings is 1. The Morgan fingerprint density at radius 1 is 1.48 bits per heavy atom. The van der Waals surface area contributed by atoms with Crippen LogP contribution in [0, 0.1) is 12.8 Å². The molecule has 0 amide bonds. The molecule has 1 fully saturated rings. The summed E-state index contributed by atoms with van der Waals surface area (Å²) in [5.41, 5.74) is 1.16. The van der Waals surface area contributed by atoms with Gasteiger partial charge in [-0.05, 0) is 39.2 Å². The number of nitrogens with zero attached hydrogens (tertiary/aromatic N) is 3. The number of hydrogen-bond donors (Lipinski definition) is 2. The second-order valence-electron chi connectivity index (χ2n) is 6.34. The summed E-state index contributed by atoms with van der Waals surface area (Å²) in [5.74, 6) is 1.75. The van der Waals surface area contributed by atoms with E-state index in [1.54, 1.807) is 11.3 Å². The monoisotopic (exact) mass is 337 g/mol. The maximum Gasteiger partial charge on any atom is 0.191 e. The van der Waals surface area contributed by atoms with Crippen LogP contribution >= 0.6 is 11.3 Å². The van der Waals surface area contributed by atoms with E-state index in [0.29, 0.717) is 0 Å². The summed E-state index contributed by atoms with van der Waals surface area (Å²) in [7, 11) is 0. The minimum absolute atomic E-state index is 0.834. The van der Waals surface area contributed by atoms with Crippen molar-refractivity contribution in [3.05, 3.63) is 16.1 Å². The van der Waals surface area contributed by atoms with Crippen LogP contribution in [0.3, 0.4) is 0 Å². The first-order valence-corrected chi connectivity index (χ1v) is 9.71. The number of aryl methyl sites for hydroxylation is 1. The first kappa shape index (κ1) is 18.2. The molecular formula is C17H31N5S. The average Bonchev–Trinajstić information content (AvgIpc) is 2.93. The molecule has 2 heterocycles. The number of guanidine groups is 1. The topological polar surface area (TPSA) is 52.6 Å². The molecule has 1 aromatic rings. The van der Waals surface area contributed by atoms with Crippen LogP contribution in [0.15, 0.2) is 10.4 Å². The Bertz CT molecular complexity index is 485. The van der Waals surface area contributed by atoms with E-state index < -0.39 is 0 Å². The number of aliphatic imine (C=N–C) groups is 1. The molecule has 23 heavy (non-hydrogen) atoms. The van der Waals surface area contributed by atoms with Crippen molar-refractivity contribution in [1.29, 1.82) is 0 Å². The van der Waals surface area contributed by atoms with Crippen LogP contribution in [0.2, 0.25) is 0 Å². The quantitative estimate of drug-likeness (QED) is 0.592. The van der Waals surface area contributed by atoms with Gasteiger partial charge in [-0.25, -0.2) is 4.98 Å². The van der Waals surface area contributed by atoms with Gasteiger partial charge in [-0.2, -0.15) is 0 Å². The van der Waals surface area contributed by atoms with Crippen molar-refractivity contribution in [1.82, 2.24) is 20.5 Å². The normalized spacial score (nSPS) is 19.8. The van der Waals surface area contributed by atoms with Crippen molar-refractivity contribution < 1.29 is 0 Å². The number of hydrogen-bond acceptors (Lipinski definition) is 4. The Morgan fingerprint density at radius 2 is 2.35 bits per heavy atom. The zero-order chi connectivity index (χ0) is 16.5. The molecule has 2 N–H and O–H groups in total. The summed E-state index contributed by atoms with van der Waals surface area (Å²) in [6.45, 7) is 12.6. The van der Waals surface area contributed by atoms with Crippen LogP contribution in [0.5, 0.6) is 0 Å². The number of rotatable bonds is 7. The van der Waals surface area contributed by atoms with Crippen molar-refractivity contribution in [2.75, 3.05) is 39.3 Å². The fourth-order valence-corrected chi connectivity index (χ4v) is 3.61. The van der Waals surface area contributed by atoms with Crippen molar-refractivity contribution in [3.8, 4) is 0 Å². The predicted octanol–water partition coefficient (Wildman–Crippen LogP) is 2.28. The molecule has 0 radical (unpaired) electrons. The van der Waals surface area contributed by atoms with Gasteiger partial charge in [0.15, 0.2) is 5.96 Å². The molecule has 1 aliphatic rings. The smallest absolute Gasteiger partial charge is 0.191 e. The Balaban J connectivity index is 1.70. The van der Waals surface area contributed by atoms with E-state index in [9.17, 15) is 0 Å². The van der Waals surface area contributed by atoms with Crippen LogP contribution in [0.1, 0.15) is 37.4 Å². The third kappa shape index (κ3) is 6.87. The van der Waals surface area contributed by atoms with Crippen LogP contribution in [-0.2, 0) is 6.42 Å². The van der Waals surface area contributed by atoms with Gasteiger partial charge in [0, 0.05) is 38.0 Å². The molecule has 2 rings (SSSR count). The molecule has 1 atom stereocenters. The first-order valence-electron chi connectivity index (χ1n) is 8.83. The molecule has 0 aromatic carbocycles. The van der Waals surface area contributed by atoms with Crippen LogP contribution in [0.25, 0.3) is 0 Å². The third-order valence-electron chi connectivity index (χ3n) is 4.11. The van der Waals surface area contributed by atoms with Gasteiger partial charge in [-0.15, -0.1) is 11.3 Å². The van der Waals surface area contributed by atoms with Crippen LogP contribution < -0.4 is 10.6 Å². The highest BCUT2D eigenvalue weighted by Crippen LogP contribution is 2.14. The largest absolute Gasteiger partial charge is 0.357 e. The molecule has 0 aliphatic carbocycles. The lowest BCUT2D eigenvalue weighted by Gasteiger charge is -2.30. The molecular weight excluding hydrogens is 306 g/mol. The molecule has 1 unspecified atom stereocenters. The Hall–Kier alpha value is -1.14. The summed E-state index contributed by atoms with van der Waals surface area (Å²) in [4.78, 5) is 11.7. The van der Waals surface area contributed by atoms with E-state index in [1.165, 1.54) is 25.9 Å². The highest BCUT2D eigenvalue weighted by atomic mass is 32.1. The van der Waals surface area contributed by atoms with Crippen LogP contribution in [0.4, 0.5) is 0 Å². The SMILES string of the molecule is CCNC(=NCCN1CCCC(C)C1)NCCc1csc(C)n1. The van der Waals surface area contributed by atoms with Gasteiger partial charge < -0.3 is 15.5 Å². The molecule has 0 spiro atoms. The fourth-order valence-electron chi connectivity index (χ4n) is 2.97. The average molecular weight is 338 g/mol. The standard InChI is InChI=1S/C17H31N5S/c1-4-18-17(19-8-7-16-13-23-15(3)21-16)20-9-11-22-10-5-6-14(2)12-22/h13-14H,4-12H2,1-3H3,(H2,18,19,20). The van der Waals surface area contributed by atoms with Gasteiger partial charge in [0.1, 0.15) is 0 Å². The third-order valence-corrected chi connectivity index (χ3v) is 4.93. The molecule has 130 valence electrons. The summed E-state index contributed by atoms with van der Waals surface area (Å²) in [6.07, 6.45) is 3.65. The molecule has 0 bridgehead atoms. The molecule has 6 heteroatoms. The molecule has 5 nitrogen and oxygen atoms in total. The van der Waals surface area contributed by atoms with Crippen molar-refractivity contribution in [2.24, 2.45) is 10.9 Å². The van der Waals surface area contributed by atoms with Gasteiger partial charge in [-0.3, -0.25) is 4.99 Å². The van der Waals surface area contributed by atoms with E-state index in [4.69, 9.17) is 4.99 Å². The van der Waals surface area contributed by atoms with Crippen molar-refractivity contribution in [3.63, 3.8) is 0 Å². The van der Waals surface area contributed by atoms with Gasteiger partial charge >= 0.3 is 0 Å². The van der Waals surface area contributed by atoms with Gasteiger partial charge in [0.05, 0.1) is 17.2 Å². The zero-order valence-corrected chi connectivity index (χ0v) is 15.6. The van der Waals surface area contributed by atoms with Gasteiger partial charge in [-0.1, -0.05) is 6.92 Å². The van der Waals surface area contributed by atoms with E-state index >= 15 is 0 Å². The van der Waals surface area contributed by atoms with Gasteiger partial charge in [0.25, 0.3) is 0 Å². The fraction of sp³-hybridized carbons (Fsp3) is 0.765. The minimum Gasteiger partial charge on any atom is -0.357 e. The molecule has 0 saturated carbocycles. The lowest BCUT2D eigenvalue weighted by molar-refractivity contribution is 0.189. The highest BCUT2D eigenvalue weighted by molar-refractivity contribution is 7.09. The van der Waals surface area contributed by atoms with E-state index in [0.717, 1.165) is 55.2 Å².